The van der Waals surface area contributed by atoms with Gasteiger partial charge in [-0.15, -0.1) is 0 Å². The summed E-state index contributed by atoms with van der Waals surface area (Å²) in [5.41, 5.74) is 1.67. The lowest BCUT2D eigenvalue weighted by molar-refractivity contribution is 0.0850. The number of hydrogen-bond acceptors (Lipinski definition) is 4. The molecule has 2 aromatic rings. The molecule has 19 heavy (non-hydrogen) atoms. The van der Waals surface area contributed by atoms with E-state index < -0.39 is 6.10 Å². The number of phenolic OH excluding ortho intramolecular Hbond substituents is 2. The molecule has 2 aromatic carbocycles. The molecule has 0 aliphatic heterocycles. The van der Waals surface area contributed by atoms with Crippen molar-refractivity contribution in [1.82, 2.24) is 0 Å². The summed E-state index contributed by atoms with van der Waals surface area (Å²) in [5, 5.41) is 30.9. The molecule has 3 rings (SSSR count). The van der Waals surface area contributed by atoms with Gasteiger partial charge in [0, 0.05) is 11.8 Å². The average Bonchev–Trinajstić information content (AvgIpc) is 2.25. The number of Topliss-reactive ketones (excluding diaryl/α,β-unsaturated/α-hetero) is 1. The molecule has 0 unspecified atom stereocenters. The van der Waals surface area contributed by atoms with E-state index in [1.54, 1.807) is 25.1 Å². The minimum absolute atomic E-state index is 0.0399. The van der Waals surface area contributed by atoms with Crippen LogP contribution in [0.3, 0.4) is 0 Å². The van der Waals surface area contributed by atoms with Gasteiger partial charge in [-0.3, -0.25) is 4.79 Å². The number of fused-ring (bicyclic) bond motifs is 2. The number of phenols is 2. The van der Waals surface area contributed by atoms with Gasteiger partial charge >= 0.3 is 0 Å². The Morgan fingerprint density at radius 2 is 1.89 bits per heavy atom. The van der Waals surface area contributed by atoms with Gasteiger partial charge in [0.05, 0.1) is 11.7 Å². The van der Waals surface area contributed by atoms with E-state index >= 15 is 0 Å². The lowest BCUT2D eigenvalue weighted by Crippen LogP contribution is -2.24. The second kappa shape index (κ2) is 3.96. The first-order valence-electron chi connectivity index (χ1n) is 6.17. The van der Waals surface area contributed by atoms with Gasteiger partial charge in [0.25, 0.3) is 0 Å². The van der Waals surface area contributed by atoms with Crippen molar-refractivity contribution in [3.63, 3.8) is 0 Å². The Labute approximate surface area is 109 Å². The van der Waals surface area contributed by atoms with E-state index in [1.165, 1.54) is 0 Å². The third-order valence-electron chi connectivity index (χ3n) is 3.63. The Bertz CT molecular complexity index is 703. The zero-order chi connectivity index (χ0) is 13.7. The summed E-state index contributed by atoms with van der Waals surface area (Å²) < 4.78 is 0. The number of hydrogen-bond donors (Lipinski definition) is 3. The molecule has 0 spiro atoms. The second-order valence-corrected chi connectivity index (χ2v) is 5.11. The van der Waals surface area contributed by atoms with Crippen LogP contribution >= 0.6 is 0 Å². The molecule has 0 saturated heterocycles. The summed E-state index contributed by atoms with van der Waals surface area (Å²) in [6.45, 7) is 1.77. The highest BCUT2D eigenvalue weighted by Gasteiger charge is 2.28. The highest BCUT2D eigenvalue weighted by Crippen LogP contribution is 2.39. The maximum atomic E-state index is 12.0. The predicted octanol–water partition coefficient (Wildman–Crippen LogP) is 2.05. The second-order valence-electron chi connectivity index (χ2n) is 5.11. The molecule has 0 radical (unpaired) electrons. The van der Waals surface area contributed by atoms with Gasteiger partial charge in [0.2, 0.25) is 0 Å². The third kappa shape index (κ3) is 1.76. The minimum Gasteiger partial charge on any atom is -0.508 e. The first-order chi connectivity index (χ1) is 8.97. The quantitative estimate of drug-likeness (QED) is 0.675. The Morgan fingerprint density at radius 1 is 1.16 bits per heavy atom. The maximum Gasteiger partial charge on any atom is 0.169 e. The van der Waals surface area contributed by atoms with Crippen molar-refractivity contribution in [1.29, 1.82) is 0 Å². The molecular formula is C15H14O4. The van der Waals surface area contributed by atoms with E-state index in [-0.39, 0.29) is 23.7 Å². The van der Waals surface area contributed by atoms with Crippen LogP contribution in [-0.2, 0) is 6.42 Å². The molecule has 4 heteroatoms. The fourth-order valence-electron chi connectivity index (χ4n) is 2.88. The highest BCUT2D eigenvalue weighted by atomic mass is 16.3. The van der Waals surface area contributed by atoms with Crippen molar-refractivity contribution in [2.75, 3.05) is 0 Å². The van der Waals surface area contributed by atoms with Crippen LogP contribution in [0.25, 0.3) is 10.8 Å². The zero-order valence-electron chi connectivity index (χ0n) is 10.5. The number of aryl methyl sites for hydroxylation is 1. The van der Waals surface area contributed by atoms with Gasteiger partial charge in [-0.25, -0.2) is 0 Å². The fourth-order valence-corrected chi connectivity index (χ4v) is 2.88. The Balaban J connectivity index is 2.40. The van der Waals surface area contributed by atoms with Crippen LogP contribution in [0.5, 0.6) is 11.5 Å². The standard InChI is InChI=1S/C15H14O4/c1-7-2-10(16)4-8-3-9-5-11(17)6-12(18)14(9)15(19)13(7)8/h2-4,11,16-17,19H,5-6H2,1H3/t11-/m1/s1. The van der Waals surface area contributed by atoms with Crippen LogP contribution < -0.4 is 0 Å². The smallest absolute Gasteiger partial charge is 0.169 e. The molecule has 0 heterocycles. The van der Waals surface area contributed by atoms with Crippen molar-refractivity contribution in [2.24, 2.45) is 0 Å². The molecule has 4 nitrogen and oxygen atoms in total. The summed E-state index contributed by atoms with van der Waals surface area (Å²) in [6.07, 6.45) is -0.307. The number of carbonyl (C=O) groups is 1. The van der Waals surface area contributed by atoms with Crippen LogP contribution in [0, 0.1) is 6.92 Å². The molecule has 1 aliphatic carbocycles. The summed E-state index contributed by atoms with van der Waals surface area (Å²) >= 11 is 0. The largest absolute Gasteiger partial charge is 0.508 e. The third-order valence-corrected chi connectivity index (χ3v) is 3.63. The van der Waals surface area contributed by atoms with Gasteiger partial charge in [-0.2, -0.15) is 0 Å². The lowest BCUT2D eigenvalue weighted by atomic mass is 9.85. The number of rotatable bonds is 0. The SMILES string of the molecule is Cc1cc(O)cc2cc3c(c(O)c12)C(=O)C[C@H](O)C3. The van der Waals surface area contributed by atoms with Crippen molar-refractivity contribution < 1.29 is 20.1 Å². The average molecular weight is 258 g/mol. The monoisotopic (exact) mass is 258 g/mol. The molecule has 1 aliphatic rings. The van der Waals surface area contributed by atoms with Crippen molar-refractivity contribution in [2.45, 2.75) is 25.9 Å². The normalized spacial score (nSPS) is 18.6. The molecule has 0 bridgehead atoms. The number of aliphatic hydroxyl groups excluding tert-OH is 1. The first kappa shape index (κ1) is 12.0. The molecule has 0 aromatic heterocycles. The molecule has 0 saturated carbocycles. The molecule has 1 atom stereocenters. The van der Waals surface area contributed by atoms with Crippen LogP contribution in [0.2, 0.25) is 0 Å². The van der Waals surface area contributed by atoms with E-state index in [0.29, 0.717) is 33.9 Å². The summed E-state index contributed by atoms with van der Waals surface area (Å²) in [6, 6.07) is 4.86. The Morgan fingerprint density at radius 3 is 2.63 bits per heavy atom. The molecular weight excluding hydrogens is 244 g/mol. The fraction of sp³-hybridized carbons (Fsp3) is 0.267. The van der Waals surface area contributed by atoms with Crippen LogP contribution in [0.4, 0.5) is 0 Å². The van der Waals surface area contributed by atoms with Crippen LogP contribution in [0.1, 0.15) is 27.9 Å². The van der Waals surface area contributed by atoms with Gasteiger partial charge in [-0.05, 0) is 48.1 Å². The molecule has 0 amide bonds. The summed E-state index contributed by atoms with van der Waals surface area (Å²) in [5.74, 6) is -0.158. The van der Waals surface area contributed by atoms with Gasteiger partial charge in [-0.1, -0.05) is 0 Å². The molecule has 0 fully saturated rings. The number of carbonyl (C=O) groups excluding carboxylic acids is 1. The van der Waals surface area contributed by atoms with Crippen molar-refractivity contribution in [3.8, 4) is 11.5 Å². The van der Waals surface area contributed by atoms with E-state index in [0.717, 1.165) is 0 Å². The predicted molar refractivity (Wildman–Crippen MR) is 70.7 cm³/mol. The first-order valence-corrected chi connectivity index (χ1v) is 6.17. The highest BCUT2D eigenvalue weighted by molar-refractivity contribution is 6.08. The molecule has 98 valence electrons. The van der Waals surface area contributed by atoms with Crippen molar-refractivity contribution >= 4 is 16.6 Å². The molecule has 3 N–H and O–H groups in total. The Kier molecular flexibility index (Phi) is 2.50. The van der Waals surface area contributed by atoms with E-state index in [4.69, 9.17) is 0 Å². The minimum atomic E-state index is -0.699. The maximum absolute atomic E-state index is 12.0. The number of aliphatic hydroxyl groups is 1. The Hall–Kier alpha value is -2.07. The topological polar surface area (TPSA) is 77.8 Å². The van der Waals surface area contributed by atoms with E-state index in [1.807, 2.05) is 0 Å². The van der Waals surface area contributed by atoms with Gasteiger partial charge < -0.3 is 15.3 Å². The summed E-state index contributed by atoms with van der Waals surface area (Å²) in [7, 11) is 0. The summed E-state index contributed by atoms with van der Waals surface area (Å²) in [4.78, 5) is 12.0. The number of ketones is 1. The number of benzene rings is 2. The number of aromatic hydroxyl groups is 2. The van der Waals surface area contributed by atoms with Gasteiger partial charge in [0.1, 0.15) is 11.5 Å². The van der Waals surface area contributed by atoms with E-state index in [2.05, 4.69) is 0 Å². The lowest BCUT2D eigenvalue weighted by Gasteiger charge is -2.22. The van der Waals surface area contributed by atoms with Crippen LogP contribution in [-0.4, -0.2) is 27.2 Å². The van der Waals surface area contributed by atoms with E-state index in [9.17, 15) is 20.1 Å². The van der Waals surface area contributed by atoms with Gasteiger partial charge in [0.15, 0.2) is 5.78 Å². The zero-order valence-corrected chi connectivity index (χ0v) is 10.5. The van der Waals surface area contributed by atoms with Crippen molar-refractivity contribution in [3.05, 3.63) is 34.9 Å². The van der Waals surface area contributed by atoms with Crippen LogP contribution in [0.15, 0.2) is 18.2 Å².